The largest absolute Gasteiger partial charge is 0.474 e. The quantitative estimate of drug-likeness (QED) is 0.903. The maximum atomic E-state index is 12.3. The van der Waals surface area contributed by atoms with Gasteiger partial charge in [-0.25, -0.2) is 9.78 Å². The smallest absolute Gasteiger partial charge is 0.321 e. The molecule has 132 valence electrons. The van der Waals surface area contributed by atoms with Gasteiger partial charge in [0.15, 0.2) is 0 Å². The topological polar surface area (TPSA) is 67.3 Å². The average molecular weight is 361 g/mol. The monoisotopic (exact) mass is 360 g/mol. The van der Waals surface area contributed by atoms with Crippen molar-refractivity contribution >= 4 is 23.3 Å². The Kier molecular flexibility index (Phi) is 5.38. The Morgan fingerprint density at radius 2 is 2.00 bits per heavy atom. The third kappa shape index (κ3) is 4.82. The zero-order valence-corrected chi connectivity index (χ0v) is 15.1. The first-order valence-electron chi connectivity index (χ1n) is 8.30. The number of carbonyl (C=O) groups excluding carboxylic acids is 1. The summed E-state index contributed by atoms with van der Waals surface area (Å²) in [6.07, 6.45) is 1.60. The number of rotatable bonds is 3. The number of carbonyl (C=O) groups is 1. The van der Waals surface area contributed by atoms with E-state index < -0.39 is 0 Å². The van der Waals surface area contributed by atoms with Gasteiger partial charge in [0.2, 0.25) is 5.88 Å². The van der Waals surface area contributed by atoms with Gasteiger partial charge in [0, 0.05) is 48.4 Å². The van der Waals surface area contributed by atoms with Crippen LogP contribution in [-0.2, 0) is 0 Å². The van der Waals surface area contributed by atoms with Gasteiger partial charge >= 0.3 is 6.03 Å². The lowest BCUT2D eigenvalue weighted by molar-refractivity contribution is 0.111. The fraction of sp³-hybridized carbons (Fsp3) is 0.389. The summed E-state index contributed by atoms with van der Waals surface area (Å²) in [5.41, 5.74) is 1.59. The van der Waals surface area contributed by atoms with E-state index in [1.54, 1.807) is 17.0 Å². The highest BCUT2D eigenvalue weighted by molar-refractivity contribution is 6.30. The van der Waals surface area contributed by atoms with Gasteiger partial charge in [0.25, 0.3) is 0 Å². The highest BCUT2D eigenvalue weighted by atomic mass is 35.5. The summed E-state index contributed by atoms with van der Waals surface area (Å²) in [7, 11) is 0. The van der Waals surface area contributed by atoms with E-state index in [1.165, 1.54) is 0 Å². The van der Waals surface area contributed by atoms with Crippen molar-refractivity contribution in [2.75, 3.05) is 18.4 Å². The Balaban J connectivity index is 1.52. The standard InChI is InChI=1S/C18H21ClN4O2/c1-12-10-17(21-13(2)20-12)25-16-6-8-23(9-7-16)18(24)22-15-5-3-4-14(19)11-15/h3-5,10-11,16H,6-9H2,1-2H3,(H,22,24). The predicted octanol–water partition coefficient (Wildman–Crippen LogP) is 3.82. The predicted molar refractivity (Wildman–Crippen MR) is 97.2 cm³/mol. The number of halogens is 1. The van der Waals surface area contributed by atoms with Crippen LogP contribution in [0.15, 0.2) is 30.3 Å². The molecule has 0 radical (unpaired) electrons. The van der Waals surface area contributed by atoms with Gasteiger partial charge < -0.3 is 15.0 Å². The number of hydrogen-bond acceptors (Lipinski definition) is 4. The van der Waals surface area contributed by atoms with Crippen molar-refractivity contribution in [3.8, 4) is 5.88 Å². The second-order valence-electron chi connectivity index (χ2n) is 6.14. The highest BCUT2D eigenvalue weighted by Gasteiger charge is 2.24. The Morgan fingerprint density at radius 1 is 1.24 bits per heavy atom. The SMILES string of the molecule is Cc1cc(OC2CCN(C(=O)Nc3cccc(Cl)c3)CC2)nc(C)n1. The van der Waals surface area contributed by atoms with E-state index in [-0.39, 0.29) is 12.1 Å². The molecule has 1 aromatic heterocycles. The van der Waals surface area contributed by atoms with Crippen LogP contribution in [-0.4, -0.2) is 40.1 Å². The summed E-state index contributed by atoms with van der Waals surface area (Å²) < 4.78 is 5.95. The molecule has 2 amide bonds. The van der Waals surface area contributed by atoms with Crippen LogP contribution in [0, 0.1) is 13.8 Å². The Hall–Kier alpha value is -2.34. The van der Waals surface area contributed by atoms with Gasteiger partial charge in [-0.15, -0.1) is 0 Å². The number of ether oxygens (including phenoxy) is 1. The van der Waals surface area contributed by atoms with Crippen molar-refractivity contribution < 1.29 is 9.53 Å². The molecule has 1 aromatic carbocycles. The molecule has 1 saturated heterocycles. The zero-order chi connectivity index (χ0) is 17.8. The fourth-order valence-electron chi connectivity index (χ4n) is 2.86. The molecule has 1 aliphatic heterocycles. The maximum Gasteiger partial charge on any atom is 0.321 e. The number of aromatic nitrogens is 2. The van der Waals surface area contributed by atoms with Crippen LogP contribution in [0.5, 0.6) is 5.88 Å². The second-order valence-corrected chi connectivity index (χ2v) is 6.58. The lowest BCUT2D eigenvalue weighted by Gasteiger charge is -2.32. The molecule has 3 rings (SSSR count). The second kappa shape index (κ2) is 7.70. The van der Waals surface area contributed by atoms with Crippen LogP contribution in [0.2, 0.25) is 5.02 Å². The van der Waals surface area contributed by atoms with Crippen LogP contribution >= 0.6 is 11.6 Å². The zero-order valence-electron chi connectivity index (χ0n) is 14.3. The third-order valence-corrected chi connectivity index (χ3v) is 4.27. The first-order chi connectivity index (χ1) is 12.0. The van der Waals surface area contributed by atoms with Crippen LogP contribution in [0.1, 0.15) is 24.4 Å². The van der Waals surface area contributed by atoms with Gasteiger partial charge in [-0.2, -0.15) is 4.98 Å². The summed E-state index contributed by atoms with van der Waals surface area (Å²) in [5, 5.41) is 3.47. The number of benzene rings is 1. The number of piperidine rings is 1. The van der Waals surface area contributed by atoms with Crippen LogP contribution in [0.4, 0.5) is 10.5 Å². The summed E-state index contributed by atoms with van der Waals surface area (Å²) in [5.74, 6) is 1.31. The van der Waals surface area contributed by atoms with Gasteiger partial charge in [0.1, 0.15) is 11.9 Å². The molecule has 7 heteroatoms. The summed E-state index contributed by atoms with van der Waals surface area (Å²) in [6.45, 7) is 5.05. The molecule has 1 fully saturated rings. The van der Waals surface area contributed by atoms with E-state index in [2.05, 4.69) is 15.3 Å². The Bertz CT molecular complexity index is 740. The van der Waals surface area contributed by atoms with Gasteiger partial charge in [-0.3, -0.25) is 0 Å². The van der Waals surface area contributed by atoms with Crippen LogP contribution < -0.4 is 10.1 Å². The molecule has 0 bridgehead atoms. The molecule has 0 unspecified atom stereocenters. The van der Waals surface area contributed by atoms with Crippen LogP contribution in [0.3, 0.4) is 0 Å². The van der Waals surface area contributed by atoms with Crippen molar-refractivity contribution in [2.24, 2.45) is 0 Å². The number of nitrogens with zero attached hydrogens (tertiary/aromatic N) is 3. The molecule has 6 nitrogen and oxygen atoms in total. The molecule has 1 aliphatic rings. The van der Waals surface area contributed by atoms with Crippen molar-refractivity contribution in [2.45, 2.75) is 32.8 Å². The number of amides is 2. The number of hydrogen-bond donors (Lipinski definition) is 1. The molecule has 0 saturated carbocycles. The lowest BCUT2D eigenvalue weighted by Crippen LogP contribution is -2.43. The van der Waals surface area contributed by atoms with Crippen molar-refractivity contribution in [3.63, 3.8) is 0 Å². The number of urea groups is 1. The van der Waals surface area contributed by atoms with Crippen molar-refractivity contribution in [3.05, 3.63) is 46.9 Å². The van der Waals surface area contributed by atoms with Gasteiger partial charge in [-0.05, 0) is 32.0 Å². The highest BCUT2D eigenvalue weighted by Crippen LogP contribution is 2.20. The molecular weight excluding hydrogens is 340 g/mol. The fourth-order valence-corrected chi connectivity index (χ4v) is 3.05. The van der Waals surface area contributed by atoms with E-state index in [9.17, 15) is 4.79 Å². The normalized spacial score (nSPS) is 15.1. The van der Waals surface area contributed by atoms with Crippen molar-refractivity contribution in [1.29, 1.82) is 0 Å². The van der Waals surface area contributed by atoms with E-state index in [1.807, 2.05) is 32.0 Å². The molecule has 25 heavy (non-hydrogen) atoms. The van der Waals surface area contributed by atoms with Gasteiger partial charge in [-0.1, -0.05) is 17.7 Å². The van der Waals surface area contributed by atoms with Gasteiger partial charge in [0.05, 0.1) is 0 Å². The molecule has 2 aromatic rings. The summed E-state index contributed by atoms with van der Waals surface area (Å²) >= 11 is 5.94. The molecule has 2 heterocycles. The number of nitrogens with one attached hydrogen (secondary N) is 1. The molecule has 0 aliphatic carbocycles. The van der Waals surface area contributed by atoms with E-state index in [4.69, 9.17) is 16.3 Å². The number of aryl methyl sites for hydroxylation is 2. The molecule has 0 spiro atoms. The molecular formula is C18H21ClN4O2. The van der Waals surface area contributed by atoms with E-state index in [0.29, 0.717) is 35.5 Å². The van der Waals surface area contributed by atoms with E-state index >= 15 is 0 Å². The van der Waals surface area contributed by atoms with E-state index in [0.717, 1.165) is 18.5 Å². The maximum absolute atomic E-state index is 12.3. The first kappa shape index (κ1) is 17.5. The molecule has 1 N–H and O–H groups in total. The minimum absolute atomic E-state index is 0.0592. The van der Waals surface area contributed by atoms with Crippen LogP contribution in [0.25, 0.3) is 0 Å². The van der Waals surface area contributed by atoms with Crippen molar-refractivity contribution in [1.82, 2.24) is 14.9 Å². The summed E-state index contributed by atoms with van der Waals surface area (Å²) in [6, 6.07) is 8.86. The third-order valence-electron chi connectivity index (χ3n) is 4.04. The summed E-state index contributed by atoms with van der Waals surface area (Å²) in [4.78, 5) is 22.7. The lowest BCUT2D eigenvalue weighted by atomic mass is 10.1. The minimum Gasteiger partial charge on any atom is -0.474 e. The average Bonchev–Trinajstić information content (AvgIpc) is 2.54. The number of likely N-dealkylation sites (tertiary alicyclic amines) is 1. The minimum atomic E-state index is -0.116. The first-order valence-corrected chi connectivity index (χ1v) is 8.68. The molecule has 0 atom stereocenters. The Morgan fingerprint density at radius 3 is 2.68 bits per heavy atom. The Labute approximate surface area is 152 Å². The number of anilines is 1.